The third-order valence-electron chi connectivity index (χ3n) is 6.75. The van der Waals surface area contributed by atoms with Gasteiger partial charge in [-0.3, -0.25) is 0 Å². The summed E-state index contributed by atoms with van der Waals surface area (Å²) in [5.74, 6) is -0.0853. The van der Waals surface area contributed by atoms with Crippen LogP contribution in [0, 0.1) is 5.82 Å². The van der Waals surface area contributed by atoms with E-state index in [1.54, 1.807) is 19.9 Å². The average Bonchev–Trinajstić information content (AvgIpc) is 3.42. The zero-order chi connectivity index (χ0) is 26.4. The van der Waals surface area contributed by atoms with E-state index in [2.05, 4.69) is 49.2 Å². The Kier molecular flexibility index (Phi) is 7.24. The molecule has 3 rings (SSSR count). The van der Waals surface area contributed by atoms with Crippen molar-refractivity contribution in [2.45, 2.75) is 81.7 Å². The second kappa shape index (κ2) is 9.17. The Balaban J connectivity index is 1.83. The van der Waals surface area contributed by atoms with Gasteiger partial charge in [-0.25, -0.2) is 12.8 Å². The van der Waals surface area contributed by atoms with Crippen molar-refractivity contribution < 1.29 is 21.8 Å². The maximum atomic E-state index is 13.3. The van der Waals surface area contributed by atoms with Gasteiger partial charge in [0.2, 0.25) is 0 Å². The summed E-state index contributed by atoms with van der Waals surface area (Å²) in [5, 5.41) is 13.4. The van der Waals surface area contributed by atoms with Crippen LogP contribution in [0.4, 0.5) is 4.39 Å². The maximum absolute atomic E-state index is 13.3. The number of hydrogen-bond acceptors (Lipinski definition) is 8. The normalized spacial score (nSPS) is 13.9. The van der Waals surface area contributed by atoms with Crippen molar-refractivity contribution in [1.29, 1.82) is 0 Å². The van der Waals surface area contributed by atoms with Gasteiger partial charge in [0.15, 0.2) is 28.9 Å². The lowest BCUT2D eigenvalue weighted by Crippen LogP contribution is -2.44. The Hall–Kier alpha value is -1.95. The average molecular weight is 540 g/mol. The molecular weight excluding hydrogens is 505 g/mol. The van der Waals surface area contributed by atoms with Crippen molar-refractivity contribution >= 4 is 29.5 Å². The van der Waals surface area contributed by atoms with Crippen LogP contribution in [0.5, 0.6) is 0 Å². The zero-order valence-electron chi connectivity index (χ0n) is 21.8. The molecule has 0 amide bonds. The van der Waals surface area contributed by atoms with E-state index in [9.17, 15) is 12.8 Å². The molecule has 0 aliphatic heterocycles. The molecule has 2 heterocycles. The van der Waals surface area contributed by atoms with Crippen LogP contribution in [0.1, 0.15) is 59.2 Å². The summed E-state index contributed by atoms with van der Waals surface area (Å²) in [5.41, 5.74) is 0.330. The van der Waals surface area contributed by atoms with Crippen LogP contribution in [0.25, 0.3) is 10.8 Å². The van der Waals surface area contributed by atoms with Gasteiger partial charge in [0.25, 0.3) is 0 Å². The lowest BCUT2D eigenvalue weighted by atomic mass is 9.90. The molecule has 0 spiro atoms. The van der Waals surface area contributed by atoms with E-state index in [1.165, 1.54) is 12.1 Å². The van der Waals surface area contributed by atoms with Crippen LogP contribution in [-0.2, 0) is 24.4 Å². The van der Waals surface area contributed by atoms with Gasteiger partial charge in [0.05, 0.1) is 10.6 Å². The highest BCUT2D eigenvalue weighted by molar-refractivity contribution is 7.92. The van der Waals surface area contributed by atoms with Gasteiger partial charge in [0.1, 0.15) is 15.6 Å². The Morgan fingerprint density at radius 1 is 1.03 bits per heavy atom. The third kappa shape index (κ3) is 5.42. The maximum Gasteiger partial charge on any atom is 0.197 e. The first-order valence-corrected chi connectivity index (χ1v) is 16.5. The molecule has 0 bridgehead atoms. The number of sulfone groups is 1. The van der Waals surface area contributed by atoms with Crippen LogP contribution < -0.4 is 0 Å². The van der Waals surface area contributed by atoms with Gasteiger partial charge in [-0.05, 0) is 56.2 Å². The molecule has 7 nitrogen and oxygen atoms in total. The largest absolute Gasteiger partial charge is 0.416 e. The second-order valence-electron chi connectivity index (χ2n) is 11.4. The number of rotatable bonds is 8. The fraction of sp³-hybridized carbons (Fsp3) is 0.542. The van der Waals surface area contributed by atoms with Crippen molar-refractivity contribution in [2.75, 3.05) is 6.61 Å². The van der Waals surface area contributed by atoms with Crippen molar-refractivity contribution in [3.63, 3.8) is 0 Å². The summed E-state index contributed by atoms with van der Waals surface area (Å²) < 4.78 is 50.4. The van der Waals surface area contributed by atoms with Crippen molar-refractivity contribution in [3.8, 4) is 10.8 Å². The van der Waals surface area contributed by atoms with Gasteiger partial charge >= 0.3 is 0 Å². The third-order valence-corrected chi connectivity index (χ3v) is 15.0. The molecule has 2 aromatic heterocycles. The van der Waals surface area contributed by atoms with E-state index >= 15 is 0 Å². The zero-order valence-corrected chi connectivity index (χ0v) is 24.4. The summed E-state index contributed by atoms with van der Waals surface area (Å²) >= 11 is 1.13. The Labute approximate surface area is 212 Å². The van der Waals surface area contributed by atoms with Crippen LogP contribution in [0.3, 0.4) is 0 Å². The van der Waals surface area contributed by atoms with Gasteiger partial charge < -0.3 is 8.95 Å². The number of aromatic nitrogens is 3. The molecule has 11 heteroatoms. The molecule has 0 N–H and O–H groups in total. The molecule has 0 saturated carbocycles. The predicted molar refractivity (Wildman–Crippen MR) is 138 cm³/mol. The molecule has 1 aromatic carbocycles. The number of benzene rings is 1. The van der Waals surface area contributed by atoms with Crippen LogP contribution in [0.15, 0.2) is 39.8 Å². The highest BCUT2D eigenvalue weighted by Crippen LogP contribution is 2.40. The summed E-state index contributed by atoms with van der Waals surface area (Å²) in [6.45, 7) is 18.7. The Morgan fingerprint density at radius 2 is 1.63 bits per heavy atom. The van der Waals surface area contributed by atoms with Crippen LogP contribution in [0.2, 0.25) is 18.1 Å². The van der Waals surface area contributed by atoms with Gasteiger partial charge in [-0.2, -0.15) is 0 Å². The molecule has 0 atom stereocenters. The molecule has 35 heavy (non-hydrogen) atoms. The van der Waals surface area contributed by atoms with Crippen molar-refractivity contribution in [3.05, 3.63) is 46.9 Å². The minimum atomic E-state index is -3.85. The fourth-order valence-corrected chi connectivity index (χ4v) is 6.69. The Morgan fingerprint density at radius 3 is 2.20 bits per heavy atom. The van der Waals surface area contributed by atoms with E-state index < -0.39 is 34.1 Å². The molecule has 0 radical (unpaired) electrons. The monoisotopic (exact) mass is 539 g/mol. The standard InChI is InChI=1S/C24H34FN3O4S2Si/c1-22(2,3)35(8,9)31-15-23(4,5)19-14-18(32-28-19)20-26-27-21(33-20)24(6,7)34(29,30)17-12-10-16(25)11-13-17/h10-14H,15H2,1-9H3. The fourth-order valence-electron chi connectivity index (χ4n) is 2.94. The summed E-state index contributed by atoms with van der Waals surface area (Å²) in [7, 11) is -5.77. The first-order valence-electron chi connectivity index (χ1n) is 11.3. The van der Waals surface area contributed by atoms with E-state index in [4.69, 9.17) is 8.95 Å². The number of halogens is 1. The topological polar surface area (TPSA) is 95.2 Å². The Bertz CT molecular complexity index is 1290. The van der Waals surface area contributed by atoms with E-state index in [0.717, 1.165) is 29.2 Å². The lowest BCUT2D eigenvalue weighted by molar-refractivity contribution is 0.213. The van der Waals surface area contributed by atoms with Gasteiger partial charge in [-0.15, -0.1) is 10.2 Å². The minimum absolute atomic E-state index is 0.0195. The van der Waals surface area contributed by atoms with Crippen LogP contribution >= 0.6 is 11.3 Å². The molecule has 0 aliphatic carbocycles. The lowest BCUT2D eigenvalue weighted by Gasteiger charge is -2.38. The quantitative estimate of drug-likeness (QED) is 0.243. The van der Waals surface area contributed by atoms with Crippen LogP contribution in [-0.4, -0.2) is 38.7 Å². The number of hydrogen-bond donors (Lipinski definition) is 0. The van der Waals surface area contributed by atoms with Crippen molar-refractivity contribution in [1.82, 2.24) is 15.4 Å². The summed E-state index contributed by atoms with van der Waals surface area (Å²) in [4.78, 5) is 0.0195. The highest BCUT2D eigenvalue weighted by Gasteiger charge is 2.42. The van der Waals surface area contributed by atoms with E-state index in [0.29, 0.717) is 22.4 Å². The molecule has 0 unspecified atom stereocenters. The van der Waals surface area contributed by atoms with Gasteiger partial charge in [-0.1, -0.05) is 51.1 Å². The first kappa shape index (κ1) is 27.6. The minimum Gasteiger partial charge on any atom is -0.416 e. The number of nitrogens with zero attached hydrogens (tertiary/aromatic N) is 3. The van der Waals surface area contributed by atoms with Gasteiger partial charge in [0, 0.05) is 18.1 Å². The molecule has 0 saturated heterocycles. The second-order valence-corrected chi connectivity index (χ2v) is 19.7. The van der Waals surface area contributed by atoms with E-state index in [1.807, 2.05) is 13.8 Å². The molecule has 0 fully saturated rings. The van der Waals surface area contributed by atoms with Crippen molar-refractivity contribution in [2.24, 2.45) is 0 Å². The molecule has 0 aliphatic rings. The molecule has 192 valence electrons. The summed E-state index contributed by atoms with van der Waals surface area (Å²) in [6.07, 6.45) is 0. The molecular formula is C24H34FN3O4S2Si. The highest BCUT2D eigenvalue weighted by atomic mass is 32.2. The molecule has 3 aromatic rings. The SMILES string of the molecule is CC(C)(CO[Si](C)(C)C(C)(C)C)c1cc(-c2nnc(C(C)(C)S(=O)(=O)c3ccc(F)cc3)s2)on1. The summed E-state index contributed by atoms with van der Waals surface area (Å²) in [6, 6.07) is 6.57. The predicted octanol–water partition coefficient (Wildman–Crippen LogP) is 6.34. The first-order chi connectivity index (χ1) is 15.9. The van der Waals surface area contributed by atoms with E-state index in [-0.39, 0.29) is 9.93 Å². The smallest absolute Gasteiger partial charge is 0.197 e.